The van der Waals surface area contributed by atoms with Crippen LogP contribution in [0, 0.1) is 11.8 Å². The Hall–Kier alpha value is -1.06. The Labute approximate surface area is 90.4 Å². The smallest absolute Gasteiger partial charge is 0.325 e. The van der Waals surface area contributed by atoms with Crippen LogP contribution in [0.2, 0.25) is 0 Å². The van der Waals surface area contributed by atoms with Crippen molar-refractivity contribution in [3.8, 4) is 0 Å². The average Bonchev–Trinajstić information content (AvgIpc) is 2.73. The van der Waals surface area contributed by atoms with Crippen molar-refractivity contribution < 1.29 is 14.3 Å². The van der Waals surface area contributed by atoms with Gasteiger partial charge in [-0.15, -0.1) is 0 Å². The monoisotopic (exact) mass is 213 g/mol. The largest absolute Gasteiger partial charge is 0.468 e. The number of hydrogen-bond acceptors (Lipinski definition) is 3. The molecule has 0 saturated heterocycles. The molecule has 0 bridgehead atoms. The van der Waals surface area contributed by atoms with Crippen LogP contribution in [-0.2, 0) is 14.3 Å². The molecule has 1 saturated carbocycles. The van der Waals surface area contributed by atoms with Crippen LogP contribution in [-0.4, -0.2) is 25.5 Å². The van der Waals surface area contributed by atoms with Gasteiger partial charge in [0.1, 0.15) is 6.54 Å². The second-order valence-electron chi connectivity index (χ2n) is 4.00. The Morgan fingerprint density at radius 2 is 2.13 bits per heavy atom. The van der Waals surface area contributed by atoms with Gasteiger partial charge in [-0.2, -0.15) is 0 Å². The molecule has 2 atom stereocenters. The molecule has 1 aliphatic carbocycles. The van der Waals surface area contributed by atoms with E-state index in [1.165, 1.54) is 7.11 Å². The van der Waals surface area contributed by atoms with Crippen molar-refractivity contribution in [2.24, 2.45) is 11.8 Å². The van der Waals surface area contributed by atoms with Gasteiger partial charge in [0.25, 0.3) is 0 Å². The molecule has 4 heteroatoms. The average molecular weight is 213 g/mol. The number of rotatable bonds is 4. The lowest BCUT2D eigenvalue weighted by Crippen LogP contribution is -2.36. The zero-order valence-corrected chi connectivity index (χ0v) is 9.41. The normalized spacial score (nSPS) is 24.9. The Balaban J connectivity index is 2.36. The first kappa shape index (κ1) is 12.0. The van der Waals surface area contributed by atoms with Crippen molar-refractivity contribution in [1.82, 2.24) is 5.32 Å². The zero-order chi connectivity index (χ0) is 11.3. The predicted molar refractivity (Wildman–Crippen MR) is 56.1 cm³/mol. The van der Waals surface area contributed by atoms with E-state index >= 15 is 0 Å². The summed E-state index contributed by atoms with van der Waals surface area (Å²) >= 11 is 0. The molecule has 1 amide bonds. The number of esters is 1. The van der Waals surface area contributed by atoms with Crippen LogP contribution in [0.15, 0.2) is 0 Å². The molecule has 0 radical (unpaired) electrons. The van der Waals surface area contributed by atoms with Crippen molar-refractivity contribution in [2.75, 3.05) is 13.7 Å². The lowest BCUT2D eigenvalue weighted by atomic mass is 9.93. The maximum atomic E-state index is 11.7. The third-order valence-corrected chi connectivity index (χ3v) is 3.15. The highest BCUT2D eigenvalue weighted by atomic mass is 16.5. The third-order valence-electron chi connectivity index (χ3n) is 3.15. The van der Waals surface area contributed by atoms with E-state index in [0.29, 0.717) is 5.92 Å². The van der Waals surface area contributed by atoms with Gasteiger partial charge >= 0.3 is 5.97 Å². The van der Waals surface area contributed by atoms with Crippen LogP contribution in [0.1, 0.15) is 32.6 Å². The molecule has 86 valence electrons. The van der Waals surface area contributed by atoms with Gasteiger partial charge in [0.15, 0.2) is 0 Å². The zero-order valence-electron chi connectivity index (χ0n) is 9.41. The number of ether oxygens (including phenoxy) is 1. The lowest BCUT2D eigenvalue weighted by Gasteiger charge is -2.16. The van der Waals surface area contributed by atoms with Crippen molar-refractivity contribution in [2.45, 2.75) is 32.6 Å². The summed E-state index contributed by atoms with van der Waals surface area (Å²) in [6, 6.07) is 0. The van der Waals surface area contributed by atoms with Gasteiger partial charge in [0, 0.05) is 5.92 Å². The van der Waals surface area contributed by atoms with Crippen molar-refractivity contribution in [3.63, 3.8) is 0 Å². The van der Waals surface area contributed by atoms with Crippen LogP contribution < -0.4 is 5.32 Å². The van der Waals surface area contributed by atoms with Gasteiger partial charge in [-0.3, -0.25) is 9.59 Å². The van der Waals surface area contributed by atoms with E-state index in [1.54, 1.807) is 0 Å². The fraction of sp³-hybridized carbons (Fsp3) is 0.818. The summed E-state index contributed by atoms with van der Waals surface area (Å²) < 4.78 is 4.46. The van der Waals surface area contributed by atoms with Crippen molar-refractivity contribution in [1.29, 1.82) is 0 Å². The molecular weight excluding hydrogens is 194 g/mol. The van der Waals surface area contributed by atoms with E-state index in [0.717, 1.165) is 25.7 Å². The van der Waals surface area contributed by atoms with E-state index in [4.69, 9.17) is 0 Å². The first-order valence-corrected chi connectivity index (χ1v) is 5.53. The van der Waals surface area contributed by atoms with Crippen molar-refractivity contribution in [3.05, 3.63) is 0 Å². The quantitative estimate of drug-likeness (QED) is 0.711. The minimum absolute atomic E-state index is 0.00440. The van der Waals surface area contributed by atoms with Crippen LogP contribution in [0.25, 0.3) is 0 Å². The molecule has 0 aromatic heterocycles. The SMILES string of the molecule is CC[C@@H]1CCC[C@@H]1C(=O)NCC(=O)OC. The Morgan fingerprint density at radius 3 is 2.73 bits per heavy atom. The van der Waals surface area contributed by atoms with E-state index in [1.807, 2.05) is 0 Å². The van der Waals surface area contributed by atoms with Crippen LogP contribution >= 0.6 is 0 Å². The van der Waals surface area contributed by atoms with E-state index in [9.17, 15) is 9.59 Å². The molecule has 0 spiro atoms. The van der Waals surface area contributed by atoms with Crippen LogP contribution in [0.5, 0.6) is 0 Å². The molecule has 0 aromatic carbocycles. The number of carbonyl (C=O) groups is 2. The second-order valence-corrected chi connectivity index (χ2v) is 4.00. The standard InChI is InChI=1S/C11H19NO3/c1-3-8-5-4-6-9(8)11(14)12-7-10(13)15-2/h8-9H,3-7H2,1-2H3,(H,12,14)/t8-,9+/m1/s1. The summed E-state index contributed by atoms with van der Waals surface area (Å²) in [5.41, 5.74) is 0. The van der Waals surface area contributed by atoms with E-state index < -0.39 is 5.97 Å². The number of carbonyl (C=O) groups excluding carboxylic acids is 2. The first-order chi connectivity index (χ1) is 7.19. The summed E-state index contributed by atoms with van der Waals surface area (Å²) in [5, 5.41) is 2.63. The molecule has 1 aliphatic rings. The summed E-state index contributed by atoms with van der Waals surface area (Å²) in [5.74, 6) is 0.196. The fourth-order valence-electron chi connectivity index (χ4n) is 2.23. The maximum Gasteiger partial charge on any atom is 0.325 e. The topological polar surface area (TPSA) is 55.4 Å². The summed E-state index contributed by atoms with van der Waals surface area (Å²) in [6.45, 7) is 2.10. The molecule has 0 aromatic rings. The molecule has 4 nitrogen and oxygen atoms in total. The van der Waals surface area contributed by atoms with Gasteiger partial charge in [-0.25, -0.2) is 0 Å². The lowest BCUT2D eigenvalue weighted by molar-refractivity contribution is -0.141. The van der Waals surface area contributed by atoms with Gasteiger partial charge < -0.3 is 10.1 Å². The molecule has 1 rings (SSSR count). The van der Waals surface area contributed by atoms with Crippen molar-refractivity contribution >= 4 is 11.9 Å². The van der Waals surface area contributed by atoms with Gasteiger partial charge in [0.2, 0.25) is 5.91 Å². The third kappa shape index (κ3) is 3.22. The highest BCUT2D eigenvalue weighted by Crippen LogP contribution is 2.33. The molecule has 0 unspecified atom stereocenters. The summed E-state index contributed by atoms with van der Waals surface area (Å²) in [6.07, 6.45) is 4.24. The summed E-state index contributed by atoms with van der Waals surface area (Å²) in [4.78, 5) is 22.6. The van der Waals surface area contributed by atoms with Crippen LogP contribution in [0.4, 0.5) is 0 Å². The molecule has 0 heterocycles. The predicted octanol–water partition coefficient (Wildman–Crippen LogP) is 1.10. The van der Waals surface area contributed by atoms with Gasteiger partial charge in [0.05, 0.1) is 7.11 Å². The second kappa shape index (κ2) is 5.73. The molecule has 1 fully saturated rings. The Kier molecular flexibility index (Phi) is 4.59. The summed E-state index contributed by atoms with van der Waals surface area (Å²) in [7, 11) is 1.32. The Bertz CT molecular complexity index is 240. The molecule has 0 aliphatic heterocycles. The molecular formula is C11H19NO3. The van der Waals surface area contributed by atoms with E-state index in [-0.39, 0.29) is 18.4 Å². The fourth-order valence-corrected chi connectivity index (χ4v) is 2.23. The minimum Gasteiger partial charge on any atom is -0.468 e. The maximum absolute atomic E-state index is 11.7. The van der Waals surface area contributed by atoms with Crippen LogP contribution in [0.3, 0.4) is 0 Å². The van der Waals surface area contributed by atoms with E-state index in [2.05, 4.69) is 17.0 Å². The highest BCUT2D eigenvalue weighted by Gasteiger charge is 2.31. The number of nitrogens with one attached hydrogen (secondary N) is 1. The Morgan fingerprint density at radius 1 is 1.40 bits per heavy atom. The molecule has 1 N–H and O–H groups in total. The number of hydrogen-bond donors (Lipinski definition) is 1. The number of amides is 1. The molecule has 15 heavy (non-hydrogen) atoms. The van der Waals surface area contributed by atoms with Gasteiger partial charge in [-0.1, -0.05) is 19.8 Å². The van der Waals surface area contributed by atoms with Gasteiger partial charge in [-0.05, 0) is 18.8 Å². The first-order valence-electron chi connectivity index (χ1n) is 5.53. The highest BCUT2D eigenvalue weighted by molar-refractivity contribution is 5.83. The minimum atomic E-state index is -0.394. The number of methoxy groups -OCH3 is 1.